The molecule has 0 aliphatic carbocycles. The van der Waals surface area contributed by atoms with Crippen molar-refractivity contribution in [3.05, 3.63) is 28.2 Å². The molecule has 0 aliphatic rings. The van der Waals surface area contributed by atoms with Gasteiger partial charge in [-0.1, -0.05) is 11.3 Å². The van der Waals surface area contributed by atoms with Crippen LogP contribution in [0, 0.1) is 13.8 Å². The van der Waals surface area contributed by atoms with Gasteiger partial charge in [0.25, 0.3) is 0 Å². The molecule has 6 nitrogen and oxygen atoms in total. The van der Waals surface area contributed by atoms with Gasteiger partial charge < -0.3 is 0 Å². The van der Waals surface area contributed by atoms with E-state index in [1.54, 1.807) is 22.7 Å². The van der Waals surface area contributed by atoms with Crippen LogP contribution in [0.25, 0.3) is 26.9 Å². The molecule has 0 saturated heterocycles. The molecule has 0 aliphatic heterocycles. The fourth-order valence-corrected chi connectivity index (χ4v) is 3.92. The molecular weight excluding hydrogens is 304 g/mol. The number of aryl methyl sites for hydroxylation is 2. The Kier molecular flexibility index (Phi) is 2.69. The highest BCUT2D eigenvalue weighted by molar-refractivity contribution is 7.20. The Labute approximate surface area is 128 Å². The van der Waals surface area contributed by atoms with Crippen molar-refractivity contribution in [1.82, 2.24) is 29.6 Å². The molecule has 0 bridgehead atoms. The average Bonchev–Trinajstić information content (AvgIpc) is 3.16. The maximum atomic E-state index is 4.66. The van der Waals surface area contributed by atoms with Crippen molar-refractivity contribution in [2.24, 2.45) is 7.05 Å². The number of nitrogens with zero attached hydrogens (tertiary/aromatic N) is 6. The summed E-state index contributed by atoms with van der Waals surface area (Å²) in [4.78, 5) is 0.800. The zero-order valence-electron chi connectivity index (χ0n) is 11.7. The van der Waals surface area contributed by atoms with E-state index in [4.69, 9.17) is 0 Å². The van der Waals surface area contributed by atoms with Crippen LogP contribution in [0.15, 0.2) is 16.8 Å². The lowest BCUT2D eigenvalue weighted by Crippen LogP contribution is -1.95. The number of hydrogen-bond donors (Lipinski definition) is 0. The predicted octanol–water partition coefficient (Wildman–Crippen LogP) is 2.93. The van der Waals surface area contributed by atoms with Gasteiger partial charge in [0.15, 0.2) is 5.82 Å². The van der Waals surface area contributed by atoms with Gasteiger partial charge in [-0.2, -0.15) is 26.0 Å². The Balaban J connectivity index is 1.94. The quantitative estimate of drug-likeness (QED) is 0.570. The molecule has 0 spiro atoms. The summed E-state index contributed by atoms with van der Waals surface area (Å²) < 4.78 is 3.67. The second-order valence-corrected chi connectivity index (χ2v) is 6.54. The van der Waals surface area contributed by atoms with Gasteiger partial charge in [-0.3, -0.25) is 4.68 Å². The third-order valence-electron chi connectivity index (χ3n) is 3.49. The molecule has 0 fully saturated rings. The van der Waals surface area contributed by atoms with Gasteiger partial charge in [0, 0.05) is 23.7 Å². The summed E-state index contributed by atoms with van der Waals surface area (Å²) in [5.41, 5.74) is 4.13. The Morgan fingerprint density at radius 1 is 1.14 bits per heavy atom. The molecule has 0 amide bonds. The summed E-state index contributed by atoms with van der Waals surface area (Å²) >= 11 is 3.21. The standard InChI is InChI=1S/C13H12N6S2/c1-7-10(8(2)18(3)16-7)11-14-15-13-19(11)17-12(21-13)9-4-5-20-6-9/h4-6H,1-3H3. The molecular formula is C13H12N6S2. The lowest BCUT2D eigenvalue weighted by molar-refractivity contribution is 0.731. The number of hydrogen-bond acceptors (Lipinski definition) is 6. The minimum Gasteiger partial charge on any atom is -0.272 e. The van der Waals surface area contributed by atoms with Gasteiger partial charge in [0.1, 0.15) is 5.01 Å². The zero-order chi connectivity index (χ0) is 14.6. The summed E-state index contributed by atoms with van der Waals surface area (Å²) in [7, 11) is 1.93. The Morgan fingerprint density at radius 2 is 2.00 bits per heavy atom. The van der Waals surface area contributed by atoms with Crippen LogP contribution in [0.5, 0.6) is 0 Å². The first-order valence-electron chi connectivity index (χ1n) is 6.40. The molecule has 21 heavy (non-hydrogen) atoms. The fraction of sp³-hybridized carbons (Fsp3) is 0.231. The summed E-state index contributed by atoms with van der Waals surface area (Å²) in [6, 6.07) is 2.07. The molecule has 0 N–H and O–H groups in total. The number of rotatable bonds is 2. The molecule has 0 unspecified atom stereocenters. The molecule has 4 rings (SSSR count). The molecule has 0 saturated carbocycles. The first-order valence-corrected chi connectivity index (χ1v) is 8.16. The number of thiophene rings is 1. The van der Waals surface area contributed by atoms with Crippen LogP contribution in [0.4, 0.5) is 0 Å². The predicted molar refractivity (Wildman–Crippen MR) is 83.6 cm³/mol. The minimum absolute atomic E-state index is 0.755. The first-order chi connectivity index (χ1) is 10.1. The fourth-order valence-electron chi connectivity index (χ4n) is 2.37. The van der Waals surface area contributed by atoms with Gasteiger partial charge in [0.05, 0.1) is 11.3 Å². The molecule has 0 atom stereocenters. The van der Waals surface area contributed by atoms with Crippen LogP contribution >= 0.6 is 22.7 Å². The maximum Gasteiger partial charge on any atom is 0.235 e. The van der Waals surface area contributed by atoms with Crippen LogP contribution in [-0.4, -0.2) is 29.6 Å². The van der Waals surface area contributed by atoms with Crippen molar-refractivity contribution < 1.29 is 0 Å². The third kappa shape index (κ3) is 1.83. The Hall–Kier alpha value is -2.06. The van der Waals surface area contributed by atoms with Crippen molar-refractivity contribution in [3.63, 3.8) is 0 Å². The van der Waals surface area contributed by atoms with Gasteiger partial charge >= 0.3 is 0 Å². The lowest BCUT2D eigenvalue weighted by Gasteiger charge is -1.97. The highest BCUT2D eigenvalue weighted by Crippen LogP contribution is 2.31. The monoisotopic (exact) mass is 316 g/mol. The van der Waals surface area contributed by atoms with E-state index in [0.717, 1.165) is 38.3 Å². The van der Waals surface area contributed by atoms with E-state index in [1.807, 2.05) is 35.5 Å². The first kappa shape index (κ1) is 12.7. The largest absolute Gasteiger partial charge is 0.272 e. The second kappa shape index (κ2) is 4.47. The van der Waals surface area contributed by atoms with E-state index in [9.17, 15) is 0 Å². The Morgan fingerprint density at radius 3 is 2.67 bits per heavy atom. The van der Waals surface area contributed by atoms with Gasteiger partial charge in [-0.05, 0) is 25.3 Å². The smallest absolute Gasteiger partial charge is 0.235 e. The highest BCUT2D eigenvalue weighted by atomic mass is 32.1. The Bertz CT molecular complexity index is 928. The average molecular weight is 316 g/mol. The van der Waals surface area contributed by atoms with Gasteiger partial charge in [0.2, 0.25) is 4.96 Å². The van der Waals surface area contributed by atoms with E-state index in [1.165, 1.54) is 0 Å². The minimum atomic E-state index is 0.755. The molecule has 0 aromatic carbocycles. The van der Waals surface area contributed by atoms with Crippen molar-refractivity contribution in [2.75, 3.05) is 0 Å². The van der Waals surface area contributed by atoms with Crippen molar-refractivity contribution in [3.8, 4) is 22.0 Å². The highest BCUT2D eigenvalue weighted by Gasteiger charge is 2.20. The van der Waals surface area contributed by atoms with Crippen LogP contribution < -0.4 is 0 Å². The second-order valence-electron chi connectivity index (χ2n) is 4.81. The van der Waals surface area contributed by atoms with E-state index in [-0.39, 0.29) is 0 Å². The van der Waals surface area contributed by atoms with E-state index >= 15 is 0 Å². The molecule has 0 radical (unpaired) electrons. The number of fused-ring (bicyclic) bond motifs is 1. The molecule has 106 valence electrons. The molecule has 4 aromatic heterocycles. The van der Waals surface area contributed by atoms with Crippen LogP contribution in [0.2, 0.25) is 0 Å². The van der Waals surface area contributed by atoms with Crippen molar-refractivity contribution >= 4 is 27.6 Å². The maximum absolute atomic E-state index is 4.66. The van der Waals surface area contributed by atoms with E-state index in [0.29, 0.717) is 0 Å². The topological polar surface area (TPSA) is 60.9 Å². The summed E-state index contributed by atoms with van der Waals surface area (Å²) in [5, 5.41) is 22.8. The summed E-state index contributed by atoms with van der Waals surface area (Å²) in [6.07, 6.45) is 0. The van der Waals surface area contributed by atoms with Gasteiger partial charge in [-0.15, -0.1) is 10.2 Å². The molecule has 4 heterocycles. The van der Waals surface area contributed by atoms with Crippen molar-refractivity contribution in [2.45, 2.75) is 13.8 Å². The van der Waals surface area contributed by atoms with E-state index in [2.05, 4.69) is 31.8 Å². The lowest BCUT2D eigenvalue weighted by atomic mass is 10.2. The summed E-state index contributed by atoms with van der Waals surface area (Å²) in [5.74, 6) is 0.755. The van der Waals surface area contributed by atoms with E-state index < -0.39 is 0 Å². The molecule has 4 aromatic rings. The third-order valence-corrected chi connectivity index (χ3v) is 5.12. The number of aromatic nitrogens is 6. The summed E-state index contributed by atoms with van der Waals surface area (Å²) in [6.45, 7) is 4.01. The van der Waals surface area contributed by atoms with Crippen LogP contribution in [-0.2, 0) is 7.05 Å². The van der Waals surface area contributed by atoms with Crippen LogP contribution in [0.1, 0.15) is 11.4 Å². The zero-order valence-corrected chi connectivity index (χ0v) is 13.4. The van der Waals surface area contributed by atoms with Crippen LogP contribution in [0.3, 0.4) is 0 Å². The SMILES string of the molecule is Cc1nn(C)c(C)c1-c1nnc2sc(-c3ccsc3)nn12. The molecule has 8 heteroatoms. The van der Waals surface area contributed by atoms with Crippen molar-refractivity contribution in [1.29, 1.82) is 0 Å². The van der Waals surface area contributed by atoms with Gasteiger partial charge in [-0.25, -0.2) is 0 Å². The normalized spacial score (nSPS) is 11.6.